The molecule has 0 spiro atoms. The molecular weight excluding hydrogens is 506 g/mol. The van der Waals surface area contributed by atoms with Crippen molar-refractivity contribution in [1.82, 2.24) is 24.2 Å². The molecule has 3 aromatic heterocycles. The van der Waals surface area contributed by atoms with E-state index in [0.29, 0.717) is 18.1 Å². The monoisotopic (exact) mass is 545 g/mol. The van der Waals surface area contributed by atoms with E-state index in [1.807, 2.05) is 17.0 Å². The highest BCUT2D eigenvalue weighted by Crippen LogP contribution is 2.35. The minimum Gasteiger partial charge on any atom is -0.380 e. The van der Waals surface area contributed by atoms with E-state index in [4.69, 9.17) is 9.72 Å². The van der Waals surface area contributed by atoms with E-state index in [-0.39, 0.29) is 6.04 Å². The normalized spacial score (nSPS) is 16.9. The van der Waals surface area contributed by atoms with E-state index in [1.54, 1.807) is 18.3 Å². The molecule has 1 aliphatic rings. The Balaban J connectivity index is 1.67. The van der Waals surface area contributed by atoms with Crippen molar-refractivity contribution in [2.45, 2.75) is 51.3 Å². The molecule has 3 N–H and O–H groups in total. The summed E-state index contributed by atoms with van der Waals surface area (Å²) in [4.78, 5) is 9.34. The molecular formula is C25H39N7O3SSi. The van der Waals surface area contributed by atoms with Gasteiger partial charge in [0.15, 0.2) is 0 Å². The summed E-state index contributed by atoms with van der Waals surface area (Å²) in [5.74, 6) is 0. The summed E-state index contributed by atoms with van der Waals surface area (Å²) < 4.78 is 36.5. The van der Waals surface area contributed by atoms with Gasteiger partial charge in [0.05, 0.1) is 17.1 Å². The van der Waals surface area contributed by atoms with Gasteiger partial charge in [-0.15, -0.1) is 0 Å². The van der Waals surface area contributed by atoms with Gasteiger partial charge in [0.25, 0.3) is 0 Å². The molecule has 4 rings (SSSR count). The molecule has 0 radical (unpaired) electrons. The zero-order chi connectivity index (χ0) is 26.6. The number of piperidine rings is 1. The molecule has 12 heteroatoms. The zero-order valence-corrected chi connectivity index (χ0v) is 24.2. The lowest BCUT2D eigenvalue weighted by Crippen LogP contribution is -2.38. The van der Waals surface area contributed by atoms with Crippen LogP contribution in [0.5, 0.6) is 0 Å². The van der Waals surface area contributed by atoms with Crippen LogP contribution in [-0.2, 0) is 21.7 Å². The maximum absolute atomic E-state index is 12.4. The van der Waals surface area contributed by atoms with E-state index in [0.717, 1.165) is 65.2 Å². The fourth-order valence-electron chi connectivity index (χ4n) is 4.19. The fraction of sp³-hybridized carbons (Fsp3) is 0.520. The number of ether oxygens (including phenoxy) is 1. The van der Waals surface area contributed by atoms with Crippen molar-refractivity contribution in [1.29, 1.82) is 0 Å². The smallest absolute Gasteiger partial charge is 0.301 e. The third-order valence-electron chi connectivity index (χ3n) is 6.42. The van der Waals surface area contributed by atoms with Crippen LogP contribution in [-0.4, -0.2) is 75.2 Å². The molecule has 3 aromatic rings. The Hall–Kier alpha value is -2.51. The van der Waals surface area contributed by atoms with Gasteiger partial charge in [0.2, 0.25) is 0 Å². The van der Waals surface area contributed by atoms with Gasteiger partial charge in [-0.05, 0) is 43.6 Å². The molecule has 0 bridgehead atoms. The number of nitrogens with one attached hydrogen (secondary N) is 3. The van der Waals surface area contributed by atoms with Crippen molar-refractivity contribution in [2.24, 2.45) is 0 Å². The maximum atomic E-state index is 12.4. The van der Waals surface area contributed by atoms with Crippen LogP contribution in [0.15, 0.2) is 36.8 Å². The number of hydrogen-bond acceptors (Lipinski definition) is 7. The van der Waals surface area contributed by atoms with E-state index < -0.39 is 18.3 Å². The predicted molar refractivity (Wildman–Crippen MR) is 153 cm³/mol. The second-order valence-corrected chi connectivity index (χ2v) is 18.4. The zero-order valence-electron chi connectivity index (χ0n) is 22.4. The van der Waals surface area contributed by atoms with Gasteiger partial charge in [0, 0.05) is 70.9 Å². The Morgan fingerprint density at radius 2 is 2.05 bits per heavy atom. The average Bonchev–Trinajstić information content (AvgIpc) is 3.25. The summed E-state index contributed by atoms with van der Waals surface area (Å²) in [6, 6.07) is 6.83. The molecule has 1 atom stereocenters. The highest BCUT2D eigenvalue weighted by molar-refractivity contribution is 7.90. The fourth-order valence-corrected chi connectivity index (χ4v) is 5.56. The Morgan fingerprint density at radius 3 is 2.76 bits per heavy atom. The summed E-state index contributed by atoms with van der Waals surface area (Å²) in [5, 5.41) is 8.19. The first kappa shape index (κ1) is 27.5. The third-order valence-corrected chi connectivity index (χ3v) is 9.58. The first-order valence-electron chi connectivity index (χ1n) is 12.7. The number of rotatable bonds is 11. The predicted octanol–water partition coefficient (Wildman–Crippen LogP) is 3.79. The van der Waals surface area contributed by atoms with E-state index in [1.165, 1.54) is 14.1 Å². The number of hydrogen-bond donors (Lipinski definition) is 3. The summed E-state index contributed by atoms with van der Waals surface area (Å²) in [6.07, 6.45) is 7.60. The van der Waals surface area contributed by atoms with Crippen molar-refractivity contribution in [2.75, 3.05) is 43.8 Å². The van der Waals surface area contributed by atoms with Crippen molar-refractivity contribution in [3.63, 3.8) is 0 Å². The standard InChI is InChI=1S/C25H39N7O3SSi/c1-31(2)36(33,34)30-19-8-11-27-23(15-19)22-17-28-25-21(24(22)29-20-7-6-10-26-16-20)9-12-32(25)18-35-13-14-37(3,4)5/h8-9,11-12,15,17,20,26H,6-7,10,13-14,16,18H2,1-5H3,(H,27,30)(H,28,29)/t20-/m1/s1. The van der Waals surface area contributed by atoms with Crippen molar-refractivity contribution in [3.8, 4) is 11.3 Å². The summed E-state index contributed by atoms with van der Waals surface area (Å²) in [7, 11) is -1.81. The van der Waals surface area contributed by atoms with E-state index >= 15 is 0 Å². The van der Waals surface area contributed by atoms with Gasteiger partial charge in [-0.1, -0.05) is 19.6 Å². The van der Waals surface area contributed by atoms with Gasteiger partial charge in [-0.3, -0.25) is 9.71 Å². The van der Waals surface area contributed by atoms with Gasteiger partial charge in [0.1, 0.15) is 12.4 Å². The molecule has 1 aliphatic heterocycles. The van der Waals surface area contributed by atoms with Crippen LogP contribution in [0.3, 0.4) is 0 Å². The number of aromatic nitrogens is 3. The molecule has 0 unspecified atom stereocenters. The highest BCUT2D eigenvalue weighted by Gasteiger charge is 2.21. The Morgan fingerprint density at radius 1 is 1.24 bits per heavy atom. The minimum atomic E-state index is -3.63. The van der Waals surface area contributed by atoms with Gasteiger partial charge >= 0.3 is 10.2 Å². The van der Waals surface area contributed by atoms with Crippen LogP contribution >= 0.6 is 0 Å². The molecule has 1 saturated heterocycles. The van der Waals surface area contributed by atoms with E-state index in [9.17, 15) is 8.42 Å². The molecule has 0 saturated carbocycles. The number of nitrogens with zero attached hydrogens (tertiary/aromatic N) is 4. The van der Waals surface area contributed by atoms with Crippen LogP contribution in [0.1, 0.15) is 12.8 Å². The van der Waals surface area contributed by atoms with Crippen molar-refractivity contribution < 1.29 is 13.2 Å². The Kier molecular flexibility index (Phi) is 8.54. The molecule has 4 heterocycles. The Bertz CT molecular complexity index is 1320. The Labute approximate surface area is 221 Å². The minimum absolute atomic E-state index is 0.268. The van der Waals surface area contributed by atoms with Crippen LogP contribution in [0.25, 0.3) is 22.3 Å². The number of fused-ring (bicyclic) bond motifs is 1. The van der Waals surface area contributed by atoms with Crippen LogP contribution in [0.2, 0.25) is 25.7 Å². The molecule has 37 heavy (non-hydrogen) atoms. The van der Waals surface area contributed by atoms with Gasteiger partial charge in [-0.2, -0.15) is 12.7 Å². The summed E-state index contributed by atoms with van der Waals surface area (Å²) >= 11 is 0. The van der Waals surface area contributed by atoms with Crippen LogP contribution < -0.4 is 15.4 Å². The molecule has 0 aliphatic carbocycles. The lowest BCUT2D eigenvalue weighted by atomic mass is 10.0. The molecule has 10 nitrogen and oxygen atoms in total. The average molecular weight is 546 g/mol. The number of pyridine rings is 2. The molecule has 202 valence electrons. The third kappa shape index (κ3) is 7.08. The second-order valence-electron chi connectivity index (χ2n) is 10.9. The van der Waals surface area contributed by atoms with Crippen molar-refractivity contribution >= 4 is 40.7 Å². The molecule has 0 amide bonds. The SMILES string of the molecule is CN(C)S(=O)(=O)Nc1ccnc(-c2cnc3c(ccn3COCC[Si](C)(C)C)c2N[C@@H]2CCCNC2)c1. The summed E-state index contributed by atoms with van der Waals surface area (Å²) in [5.41, 5.74) is 3.68. The first-order chi connectivity index (χ1) is 17.5. The highest BCUT2D eigenvalue weighted by atomic mass is 32.2. The first-order valence-corrected chi connectivity index (χ1v) is 17.9. The van der Waals surface area contributed by atoms with Crippen LogP contribution in [0.4, 0.5) is 11.4 Å². The second kappa shape index (κ2) is 11.5. The number of anilines is 2. The topological polar surface area (TPSA) is 113 Å². The van der Waals surface area contributed by atoms with Crippen molar-refractivity contribution in [3.05, 3.63) is 36.8 Å². The lowest BCUT2D eigenvalue weighted by molar-refractivity contribution is 0.0899. The largest absolute Gasteiger partial charge is 0.380 e. The quantitative estimate of drug-likeness (QED) is 0.248. The van der Waals surface area contributed by atoms with E-state index in [2.05, 4.69) is 46.0 Å². The molecule has 0 aromatic carbocycles. The van der Waals surface area contributed by atoms with Gasteiger partial charge in [-0.25, -0.2) is 4.98 Å². The van der Waals surface area contributed by atoms with Gasteiger partial charge < -0.3 is 19.9 Å². The lowest BCUT2D eigenvalue weighted by Gasteiger charge is -2.26. The summed E-state index contributed by atoms with van der Waals surface area (Å²) in [6.45, 7) is 10.1. The van der Waals surface area contributed by atoms with Crippen LogP contribution in [0, 0.1) is 0 Å². The molecule has 1 fully saturated rings. The maximum Gasteiger partial charge on any atom is 0.301 e.